The van der Waals surface area contributed by atoms with Crippen molar-refractivity contribution in [3.05, 3.63) is 51.3 Å². The van der Waals surface area contributed by atoms with Crippen molar-refractivity contribution in [1.29, 1.82) is 0 Å². The summed E-state index contributed by atoms with van der Waals surface area (Å²) in [5.74, 6) is 0.340. The van der Waals surface area contributed by atoms with E-state index in [1.807, 2.05) is 19.9 Å². The fourth-order valence-electron chi connectivity index (χ4n) is 2.66. The molecule has 0 atom stereocenters. The molecule has 2 aromatic rings. The van der Waals surface area contributed by atoms with Crippen molar-refractivity contribution >= 4 is 35.1 Å². The van der Waals surface area contributed by atoms with Gasteiger partial charge in [0.15, 0.2) is 0 Å². The molecule has 25 heavy (non-hydrogen) atoms. The predicted octanol–water partition coefficient (Wildman–Crippen LogP) is 3.29. The number of anilines is 1. The molecule has 0 radical (unpaired) electrons. The molecular formula is C17H18Cl2N4O2. The van der Waals surface area contributed by atoms with Gasteiger partial charge in [-0.3, -0.25) is 9.63 Å². The fourth-order valence-corrected chi connectivity index (χ4v) is 3.03. The first-order valence-electron chi connectivity index (χ1n) is 7.91. The van der Waals surface area contributed by atoms with Gasteiger partial charge in [0, 0.05) is 29.5 Å². The predicted molar refractivity (Wildman–Crippen MR) is 97.2 cm³/mol. The third-order valence-corrected chi connectivity index (χ3v) is 4.39. The average Bonchev–Trinajstić information content (AvgIpc) is 2.81. The number of hydrogen-bond acceptors (Lipinski definition) is 5. The molecule has 0 aliphatic carbocycles. The minimum Gasteiger partial charge on any atom is -0.334 e. The van der Waals surface area contributed by atoms with E-state index < -0.39 is 0 Å². The second-order valence-corrected chi connectivity index (χ2v) is 6.65. The highest BCUT2D eigenvalue weighted by atomic mass is 35.5. The van der Waals surface area contributed by atoms with Crippen molar-refractivity contribution in [3.8, 4) is 0 Å². The van der Waals surface area contributed by atoms with Crippen molar-refractivity contribution in [2.45, 2.75) is 13.8 Å². The summed E-state index contributed by atoms with van der Waals surface area (Å²) in [6.07, 6.45) is 0. The second-order valence-electron chi connectivity index (χ2n) is 5.80. The van der Waals surface area contributed by atoms with Gasteiger partial charge in [0.25, 0.3) is 5.91 Å². The van der Waals surface area contributed by atoms with Crippen LogP contribution in [-0.4, -0.2) is 47.0 Å². The van der Waals surface area contributed by atoms with Crippen LogP contribution in [-0.2, 0) is 4.84 Å². The number of hydrogen-bond donors (Lipinski definition) is 0. The maximum absolute atomic E-state index is 12.8. The number of aromatic nitrogens is 2. The molecule has 3 rings (SSSR count). The van der Waals surface area contributed by atoms with E-state index in [0.717, 1.165) is 11.4 Å². The number of aryl methyl sites for hydroxylation is 2. The van der Waals surface area contributed by atoms with Crippen LogP contribution in [0, 0.1) is 13.8 Å². The standard InChI is InChI=1S/C17H18Cl2N4O2/c1-11-9-12(2)21-17(20-11)23-6-5-22(7-8-25-23)16(24)14-10-13(18)3-4-15(14)19/h3-4,9-10H,5-8H2,1-2H3. The Kier molecular flexibility index (Phi) is 5.42. The van der Waals surface area contributed by atoms with Gasteiger partial charge in [-0.2, -0.15) is 0 Å². The molecule has 6 nitrogen and oxygen atoms in total. The Morgan fingerprint density at radius 2 is 1.80 bits per heavy atom. The van der Waals surface area contributed by atoms with Crippen LogP contribution >= 0.6 is 23.2 Å². The first kappa shape index (κ1) is 17.9. The summed E-state index contributed by atoms with van der Waals surface area (Å²) < 4.78 is 0. The Hall–Kier alpha value is -1.89. The molecule has 1 aromatic carbocycles. The molecule has 0 spiro atoms. The van der Waals surface area contributed by atoms with E-state index >= 15 is 0 Å². The Balaban J connectivity index is 1.75. The number of hydroxylamine groups is 1. The minimum absolute atomic E-state index is 0.167. The average molecular weight is 381 g/mol. The van der Waals surface area contributed by atoms with Crippen LogP contribution in [0.1, 0.15) is 21.7 Å². The van der Waals surface area contributed by atoms with E-state index in [9.17, 15) is 4.79 Å². The lowest BCUT2D eigenvalue weighted by molar-refractivity contribution is 0.0729. The Bertz CT molecular complexity index is 780. The summed E-state index contributed by atoms with van der Waals surface area (Å²) in [7, 11) is 0. The Morgan fingerprint density at radius 3 is 2.52 bits per heavy atom. The van der Waals surface area contributed by atoms with E-state index in [0.29, 0.717) is 47.8 Å². The van der Waals surface area contributed by atoms with Crippen molar-refractivity contribution in [1.82, 2.24) is 14.9 Å². The van der Waals surface area contributed by atoms with Crippen molar-refractivity contribution in [3.63, 3.8) is 0 Å². The smallest absolute Gasteiger partial charge is 0.255 e. The van der Waals surface area contributed by atoms with Crippen LogP contribution < -0.4 is 5.06 Å². The van der Waals surface area contributed by atoms with Gasteiger partial charge in [-0.1, -0.05) is 23.2 Å². The van der Waals surface area contributed by atoms with Crippen LogP contribution in [0.4, 0.5) is 5.95 Å². The zero-order valence-electron chi connectivity index (χ0n) is 14.0. The van der Waals surface area contributed by atoms with Gasteiger partial charge in [0.05, 0.1) is 23.7 Å². The zero-order chi connectivity index (χ0) is 18.0. The maximum Gasteiger partial charge on any atom is 0.255 e. The van der Waals surface area contributed by atoms with Crippen molar-refractivity contribution in [2.24, 2.45) is 0 Å². The maximum atomic E-state index is 12.8. The van der Waals surface area contributed by atoms with Gasteiger partial charge in [-0.05, 0) is 38.1 Å². The lowest BCUT2D eigenvalue weighted by atomic mass is 10.2. The normalized spacial score (nSPS) is 15.2. The summed E-state index contributed by atoms with van der Waals surface area (Å²) in [4.78, 5) is 29.0. The van der Waals surface area contributed by atoms with E-state index in [1.54, 1.807) is 28.2 Å². The SMILES string of the molecule is Cc1cc(C)nc(N2CCN(C(=O)c3cc(Cl)ccc3Cl)CCO2)n1. The summed E-state index contributed by atoms with van der Waals surface area (Å²) >= 11 is 12.1. The Labute approximate surface area is 156 Å². The third kappa shape index (κ3) is 4.21. The van der Waals surface area contributed by atoms with E-state index in [2.05, 4.69) is 9.97 Å². The molecule has 8 heteroatoms. The highest BCUT2D eigenvalue weighted by molar-refractivity contribution is 6.35. The number of halogens is 2. The molecule has 1 fully saturated rings. The molecule has 1 aliphatic rings. The van der Waals surface area contributed by atoms with Gasteiger partial charge in [0.1, 0.15) is 0 Å². The number of carbonyl (C=O) groups excluding carboxylic acids is 1. The first-order chi connectivity index (χ1) is 11.9. The third-order valence-electron chi connectivity index (χ3n) is 3.82. The van der Waals surface area contributed by atoms with E-state index in [4.69, 9.17) is 28.0 Å². The summed E-state index contributed by atoms with van der Waals surface area (Å²) in [5.41, 5.74) is 2.13. The number of amides is 1. The Morgan fingerprint density at radius 1 is 1.08 bits per heavy atom. The first-order valence-corrected chi connectivity index (χ1v) is 8.66. The highest BCUT2D eigenvalue weighted by Crippen LogP contribution is 2.23. The molecule has 0 unspecified atom stereocenters. The van der Waals surface area contributed by atoms with Crippen LogP contribution in [0.3, 0.4) is 0 Å². The molecule has 2 heterocycles. The molecule has 0 bridgehead atoms. The summed E-state index contributed by atoms with van der Waals surface area (Å²) in [6, 6.07) is 6.77. The van der Waals surface area contributed by atoms with Gasteiger partial charge >= 0.3 is 0 Å². The van der Waals surface area contributed by atoms with Crippen molar-refractivity contribution < 1.29 is 9.63 Å². The van der Waals surface area contributed by atoms with Crippen molar-refractivity contribution in [2.75, 3.05) is 31.3 Å². The number of rotatable bonds is 2. The quantitative estimate of drug-likeness (QED) is 0.799. The lowest BCUT2D eigenvalue weighted by Crippen LogP contribution is -2.36. The number of benzene rings is 1. The number of carbonyl (C=O) groups is 1. The molecule has 1 aromatic heterocycles. The molecule has 1 amide bonds. The van der Waals surface area contributed by atoms with Crippen LogP contribution in [0.15, 0.2) is 24.3 Å². The molecule has 1 aliphatic heterocycles. The van der Waals surface area contributed by atoms with Crippen LogP contribution in [0.25, 0.3) is 0 Å². The molecular weight excluding hydrogens is 363 g/mol. The van der Waals surface area contributed by atoms with Gasteiger partial charge in [-0.15, -0.1) is 0 Å². The number of nitrogens with zero attached hydrogens (tertiary/aromatic N) is 4. The largest absolute Gasteiger partial charge is 0.334 e. The second kappa shape index (κ2) is 7.56. The van der Waals surface area contributed by atoms with Crippen LogP contribution in [0.2, 0.25) is 10.0 Å². The molecule has 132 valence electrons. The van der Waals surface area contributed by atoms with E-state index in [-0.39, 0.29) is 5.91 Å². The van der Waals surface area contributed by atoms with E-state index in [1.165, 1.54) is 0 Å². The zero-order valence-corrected chi connectivity index (χ0v) is 15.5. The minimum atomic E-state index is -0.167. The fraction of sp³-hybridized carbons (Fsp3) is 0.353. The summed E-state index contributed by atoms with van der Waals surface area (Å²) in [5, 5.41) is 2.49. The molecule has 0 N–H and O–H groups in total. The topological polar surface area (TPSA) is 58.6 Å². The van der Waals surface area contributed by atoms with Crippen LogP contribution in [0.5, 0.6) is 0 Å². The summed E-state index contributed by atoms with van der Waals surface area (Å²) in [6.45, 7) is 5.55. The monoisotopic (exact) mass is 380 g/mol. The molecule has 1 saturated heterocycles. The van der Waals surface area contributed by atoms with Gasteiger partial charge in [0.2, 0.25) is 5.95 Å². The highest BCUT2D eigenvalue weighted by Gasteiger charge is 2.24. The molecule has 0 saturated carbocycles. The van der Waals surface area contributed by atoms with Gasteiger partial charge in [-0.25, -0.2) is 15.0 Å². The lowest BCUT2D eigenvalue weighted by Gasteiger charge is -2.21. The van der Waals surface area contributed by atoms with Gasteiger partial charge < -0.3 is 4.90 Å².